The zero-order chi connectivity index (χ0) is 12.9. The number of carbonyl (C=O) groups is 1. The van der Waals surface area contributed by atoms with Gasteiger partial charge in [-0.05, 0) is 19.8 Å². The van der Waals surface area contributed by atoms with E-state index in [0.29, 0.717) is 5.90 Å². The van der Waals surface area contributed by atoms with E-state index in [4.69, 9.17) is 4.74 Å². The van der Waals surface area contributed by atoms with Gasteiger partial charge in [-0.15, -0.1) is 0 Å². The SMILES string of the molecule is C=C(C)C1=NC(CCCC)(CCCC)C(=O)O1. The van der Waals surface area contributed by atoms with Crippen molar-refractivity contribution in [3.05, 3.63) is 12.2 Å². The van der Waals surface area contributed by atoms with E-state index in [1.54, 1.807) is 0 Å². The van der Waals surface area contributed by atoms with Gasteiger partial charge in [-0.25, -0.2) is 9.79 Å². The van der Waals surface area contributed by atoms with Crippen LogP contribution in [0.3, 0.4) is 0 Å². The molecule has 0 saturated carbocycles. The minimum Gasteiger partial charge on any atom is -0.406 e. The van der Waals surface area contributed by atoms with Crippen molar-refractivity contribution in [1.29, 1.82) is 0 Å². The highest BCUT2D eigenvalue weighted by Gasteiger charge is 2.44. The van der Waals surface area contributed by atoms with Gasteiger partial charge in [-0.3, -0.25) is 0 Å². The number of carbonyl (C=O) groups excluding carboxylic acids is 1. The van der Waals surface area contributed by atoms with Crippen molar-refractivity contribution in [3.8, 4) is 0 Å². The summed E-state index contributed by atoms with van der Waals surface area (Å²) in [5.41, 5.74) is 0.105. The van der Waals surface area contributed by atoms with E-state index in [-0.39, 0.29) is 5.97 Å². The van der Waals surface area contributed by atoms with Gasteiger partial charge in [0.25, 0.3) is 0 Å². The van der Waals surface area contributed by atoms with Gasteiger partial charge in [0, 0.05) is 5.57 Å². The summed E-state index contributed by atoms with van der Waals surface area (Å²) in [5.74, 6) is 0.250. The first-order valence-corrected chi connectivity index (χ1v) is 6.53. The van der Waals surface area contributed by atoms with Gasteiger partial charge in [0.05, 0.1) is 0 Å². The maximum absolute atomic E-state index is 12.0. The van der Waals surface area contributed by atoms with Crippen molar-refractivity contribution in [3.63, 3.8) is 0 Å². The first-order chi connectivity index (χ1) is 8.05. The highest BCUT2D eigenvalue weighted by Crippen LogP contribution is 2.33. The molecule has 1 aliphatic rings. The predicted molar refractivity (Wildman–Crippen MR) is 70.1 cm³/mol. The van der Waals surface area contributed by atoms with Crippen molar-refractivity contribution in [2.45, 2.75) is 64.8 Å². The predicted octanol–water partition coefficient (Wildman–Crippen LogP) is 3.64. The van der Waals surface area contributed by atoms with E-state index in [2.05, 4.69) is 25.4 Å². The maximum Gasteiger partial charge on any atom is 0.340 e. The molecule has 0 aliphatic carbocycles. The monoisotopic (exact) mass is 237 g/mol. The lowest BCUT2D eigenvalue weighted by molar-refractivity contribution is -0.139. The standard InChI is InChI=1S/C14H23NO2/c1-5-7-9-14(10-8-6-2)13(16)17-12(15-14)11(3)4/h3,5-10H2,1-2,4H3. The summed E-state index contributed by atoms with van der Waals surface area (Å²) in [6.45, 7) is 9.86. The van der Waals surface area contributed by atoms with Crippen LogP contribution in [0.1, 0.15) is 59.3 Å². The molecular weight excluding hydrogens is 214 g/mol. The molecule has 3 heteroatoms. The number of nitrogens with zero attached hydrogens (tertiary/aromatic N) is 1. The third-order valence-corrected chi connectivity index (χ3v) is 3.14. The fraction of sp³-hybridized carbons (Fsp3) is 0.714. The van der Waals surface area contributed by atoms with E-state index >= 15 is 0 Å². The highest BCUT2D eigenvalue weighted by molar-refractivity contribution is 6.07. The van der Waals surface area contributed by atoms with Gasteiger partial charge in [0.1, 0.15) is 0 Å². The Hall–Kier alpha value is -1.12. The fourth-order valence-electron chi connectivity index (χ4n) is 2.01. The minimum atomic E-state index is -0.625. The fourth-order valence-corrected chi connectivity index (χ4v) is 2.01. The lowest BCUT2D eigenvalue weighted by Gasteiger charge is -2.21. The molecule has 0 unspecified atom stereocenters. The number of unbranched alkanes of at least 4 members (excludes halogenated alkanes) is 2. The molecule has 96 valence electrons. The summed E-state index contributed by atoms with van der Waals surface area (Å²) in [4.78, 5) is 16.6. The lowest BCUT2D eigenvalue weighted by atomic mass is 9.88. The normalized spacial score (nSPS) is 17.8. The average molecular weight is 237 g/mol. The molecule has 1 heterocycles. The third-order valence-electron chi connectivity index (χ3n) is 3.14. The molecule has 0 aromatic rings. The third kappa shape index (κ3) is 3.18. The average Bonchev–Trinajstić information content (AvgIpc) is 2.62. The highest BCUT2D eigenvalue weighted by atomic mass is 16.6. The quantitative estimate of drug-likeness (QED) is 0.634. The topological polar surface area (TPSA) is 38.7 Å². The summed E-state index contributed by atoms with van der Waals surface area (Å²) in [6, 6.07) is 0. The first-order valence-electron chi connectivity index (χ1n) is 6.53. The van der Waals surface area contributed by atoms with Crippen LogP contribution < -0.4 is 0 Å². The number of rotatable bonds is 7. The van der Waals surface area contributed by atoms with Crippen LogP contribution >= 0.6 is 0 Å². The first kappa shape index (κ1) is 13.9. The van der Waals surface area contributed by atoms with Gasteiger partial charge < -0.3 is 4.74 Å². The van der Waals surface area contributed by atoms with Crippen LogP contribution in [-0.4, -0.2) is 17.4 Å². The van der Waals surface area contributed by atoms with Gasteiger partial charge in [-0.1, -0.05) is 46.1 Å². The van der Waals surface area contributed by atoms with Crippen LogP contribution in [0.5, 0.6) is 0 Å². The van der Waals surface area contributed by atoms with Crippen LogP contribution in [0.2, 0.25) is 0 Å². The van der Waals surface area contributed by atoms with Crippen LogP contribution in [0.25, 0.3) is 0 Å². The minimum absolute atomic E-state index is 0.183. The molecule has 0 saturated heterocycles. The number of hydrogen-bond donors (Lipinski definition) is 0. The van der Waals surface area contributed by atoms with Crippen LogP contribution in [0.15, 0.2) is 17.1 Å². The summed E-state index contributed by atoms with van der Waals surface area (Å²) in [5, 5.41) is 0. The Morgan fingerprint density at radius 1 is 1.29 bits per heavy atom. The summed E-state index contributed by atoms with van der Waals surface area (Å²) >= 11 is 0. The van der Waals surface area contributed by atoms with Crippen LogP contribution in [0.4, 0.5) is 0 Å². The molecule has 1 aliphatic heterocycles. The Kier molecular flexibility index (Phi) is 4.91. The smallest absolute Gasteiger partial charge is 0.340 e. The molecule has 0 atom stereocenters. The number of ether oxygens (including phenoxy) is 1. The van der Waals surface area contributed by atoms with Crippen LogP contribution in [0, 0.1) is 0 Å². The largest absolute Gasteiger partial charge is 0.406 e. The van der Waals surface area contributed by atoms with E-state index in [1.165, 1.54) is 0 Å². The van der Waals surface area contributed by atoms with Crippen molar-refractivity contribution in [1.82, 2.24) is 0 Å². The molecule has 0 aromatic carbocycles. The second-order valence-corrected chi connectivity index (χ2v) is 4.83. The summed E-state index contributed by atoms with van der Waals surface area (Å²) in [6.07, 6.45) is 5.73. The zero-order valence-corrected chi connectivity index (χ0v) is 11.2. The van der Waals surface area contributed by atoms with Crippen molar-refractivity contribution in [2.24, 2.45) is 4.99 Å². The Morgan fingerprint density at radius 2 is 1.82 bits per heavy atom. The van der Waals surface area contributed by atoms with E-state index in [0.717, 1.165) is 44.1 Å². The second kappa shape index (κ2) is 5.99. The summed E-state index contributed by atoms with van der Waals surface area (Å²) < 4.78 is 5.24. The molecule has 0 aromatic heterocycles. The Labute approximate surface area is 104 Å². The van der Waals surface area contributed by atoms with E-state index in [9.17, 15) is 4.79 Å². The Morgan fingerprint density at radius 3 is 2.18 bits per heavy atom. The molecule has 0 N–H and O–H groups in total. The molecule has 3 nitrogen and oxygen atoms in total. The zero-order valence-electron chi connectivity index (χ0n) is 11.2. The second-order valence-electron chi connectivity index (χ2n) is 4.83. The maximum atomic E-state index is 12.0. The summed E-state index contributed by atoms with van der Waals surface area (Å²) in [7, 11) is 0. The molecule has 0 amide bonds. The van der Waals surface area contributed by atoms with Gasteiger partial charge in [0.15, 0.2) is 5.54 Å². The number of cyclic esters (lactones) is 1. The molecule has 17 heavy (non-hydrogen) atoms. The van der Waals surface area contributed by atoms with Gasteiger partial charge in [0.2, 0.25) is 5.90 Å². The molecule has 0 fully saturated rings. The Bertz CT molecular complexity index is 323. The molecule has 0 spiro atoms. The molecule has 0 bridgehead atoms. The number of hydrogen-bond acceptors (Lipinski definition) is 3. The van der Waals surface area contributed by atoms with Gasteiger partial charge in [-0.2, -0.15) is 0 Å². The molecule has 1 rings (SSSR count). The van der Waals surface area contributed by atoms with Crippen molar-refractivity contribution >= 4 is 11.9 Å². The van der Waals surface area contributed by atoms with Gasteiger partial charge >= 0.3 is 5.97 Å². The van der Waals surface area contributed by atoms with E-state index in [1.807, 2.05) is 6.92 Å². The van der Waals surface area contributed by atoms with E-state index < -0.39 is 5.54 Å². The number of aliphatic imine (C=N–C) groups is 1. The number of esters is 1. The Balaban J connectivity index is 2.88. The lowest BCUT2D eigenvalue weighted by Crippen LogP contribution is -2.33. The van der Waals surface area contributed by atoms with Crippen molar-refractivity contribution < 1.29 is 9.53 Å². The molecule has 0 radical (unpaired) electrons. The van der Waals surface area contributed by atoms with Crippen molar-refractivity contribution in [2.75, 3.05) is 0 Å². The van der Waals surface area contributed by atoms with Crippen LogP contribution in [-0.2, 0) is 9.53 Å². The molecular formula is C14H23NO2.